The Bertz CT molecular complexity index is 910. The molecule has 0 aliphatic carbocycles. The van der Waals surface area contributed by atoms with Crippen LogP contribution in [-0.2, 0) is 6.18 Å². The van der Waals surface area contributed by atoms with Crippen LogP contribution in [0.4, 0.5) is 18.9 Å². The number of rotatable bonds is 3. The highest BCUT2D eigenvalue weighted by atomic mass is 79.9. The predicted octanol–water partition coefficient (Wildman–Crippen LogP) is 4.30. The molecule has 0 atom stereocenters. The molecule has 2 aromatic carbocycles. The SMILES string of the molecule is O=C(Nc1cc(C(F)(F)F)ccc1-n1cncn1)c1ccccc1Br. The van der Waals surface area contributed by atoms with Crippen LogP contribution in [0.3, 0.4) is 0 Å². The van der Waals surface area contributed by atoms with Crippen molar-refractivity contribution < 1.29 is 18.0 Å². The molecule has 0 radical (unpaired) electrons. The van der Waals surface area contributed by atoms with Gasteiger partial charge in [-0.05, 0) is 46.3 Å². The maximum atomic E-state index is 13.0. The smallest absolute Gasteiger partial charge is 0.320 e. The Morgan fingerprint density at radius 3 is 2.56 bits per heavy atom. The molecule has 1 aromatic heterocycles. The van der Waals surface area contributed by atoms with Crippen LogP contribution in [0.25, 0.3) is 5.69 Å². The number of hydrogen-bond acceptors (Lipinski definition) is 3. The normalized spacial score (nSPS) is 11.4. The molecule has 0 unspecified atom stereocenters. The molecule has 1 N–H and O–H groups in total. The lowest BCUT2D eigenvalue weighted by Crippen LogP contribution is -2.16. The zero-order valence-electron chi connectivity index (χ0n) is 12.5. The van der Waals surface area contributed by atoms with E-state index in [9.17, 15) is 18.0 Å². The van der Waals surface area contributed by atoms with Crippen LogP contribution in [0.15, 0.2) is 59.6 Å². The predicted molar refractivity (Wildman–Crippen MR) is 88.5 cm³/mol. The fourth-order valence-corrected chi connectivity index (χ4v) is 2.64. The first-order chi connectivity index (χ1) is 11.9. The van der Waals surface area contributed by atoms with E-state index in [0.717, 1.165) is 12.1 Å². The number of aromatic nitrogens is 3. The molecule has 0 spiro atoms. The summed E-state index contributed by atoms with van der Waals surface area (Å²) in [7, 11) is 0. The first-order valence-electron chi connectivity index (χ1n) is 6.98. The molecule has 5 nitrogen and oxygen atoms in total. The Hall–Kier alpha value is -2.68. The molecule has 0 aliphatic rings. The van der Waals surface area contributed by atoms with Crippen LogP contribution < -0.4 is 5.32 Å². The van der Waals surface area contributed by atoms with Crippen LogP contribution in [0.1, 0.15) is 15.9 Å². The van der Waals surface area contributed by atoms with Crippen molar-refractivity contribution in [1.29, 1.82) is 0 Å². The van der Waals surface area contributed by atoms with E-state index in [1.165, 1.54) is 23.4 Å². The number of benzene rings is 2. The number of nitrogens with one attached hydrogen (secondary N) is 1. The molecule has 3 aromatic rings. The molecule has 1 heterocycles. The number of amides is 1. The zero-order chi connectivity index (χ0) is 18.0. The summed E-state index contributed by atoms with van der Waals surface area (Å²) in [4.78, 5) is 16.2. The lowest BCUT2D eigenvalue weighted by Gasteiger charge is -2.14. The van der Waals surface area contributed by atoms with Crippen LogP contribution >= 0.6 is 15.9 Å². The number of hydrogen-bond donors (Lipinski definition) is 1. The Morgan fingerprint density at radius 2 is 1.92 bits per heavy atom. The van der Waals surface area contributed by atoms with Gasteiger partial charge >= 0.3 is 6.18 Å². The summed E-state index contributed by atoms with van der Waals surface area (Å²) in [6, 6.07) is 9.63. The van der Waals surface area contributed by atoms with E-state index < -0.39 is 17.6 Å². The van der Waals surface area contributed by atoms with Crippen molar-refractivity contribution in [3.8, 4) is 5.69 Å². The molecule has 1 amide bonds. The maximum absolute atomic E-state index is 13.0. The van der Waals surface area contributed by atoms with E-state index in [0.29, 0.717) is 10.0 Å². The number of anilines is 1. The van der Waals surface area contributed by atoms with Crippen LogP contribution in [0, 0.1) is 0 Å². The second-order valence-corrected chi connectivity index (χ2v) is 5.86. The summed E-state index contributed by atoms with van der Waals surface area (Å²) in [5.41, 5.74) is -0.338. The van der Waals surface area contributed by atoms with Gasteiger partial charge in [-0.2, -0.15) is 18.3 Å². The highest BCUT2D eigenvalue weighted by Crippen LogP contribution is 2.33. The Kier molecular flexibility index (Phi) is 4.58. The second-order valence-electron chi connectivity index (χ2n) is 5.00. The first-order valence-corrected chi connectivity index (χ1v) is 7.77. The Morgan fingerprint density at radius 1 is 1.16 bits per heavy atom. The van der Waals surface area contributed by atoms with Crippen molar-refractivity contribution in [1.82, 2.24) is 14.8 Å². The lowest BCUT2D eigenvalue weighted by atomic mass is 10.1. The van der Waals surface area contributed by atoms with Gasteiger partial charge < -0.3 is 5.32 Å². The molecule has 9 heteroatoms. The summed E-state index contributed by atoms with van der Waals surface area (Å²) < 4.78 is 40.8. The maximum Gasteiger partial charge on any atom is 0.416 e. The Balaban J connectivity index is 2.03. The minimum absolute atomic E-state index is 0.0268. The summed E-state index contributed by atoms with van der Waals surface area (Å²) in [5.74, 6) is -0.548. The van der Waals surface area contributed by atoms with Gasteiger partial charge in [-0.3, -0.25) is 4.79 Å². The average Bonchev–Trinajstić information content (AvgIpc) is 3.08. The fourth-order valence-electron chi connectivity index (χ4n) is 2.18. The third-order valence-corrected chi connectivity index (χ3v) is 4.05. The van der Waals surface area contributed by atoms with E-state index in [2.05, 4.69) is 31.3 Å². The molecular formula is C16H10BrF3N4O. The summed E-state index contributed by atoms with van der Waals surface area (Å²) in [5, 5.41) is 6.41. The molecular weight excluding hydrogens is 401 g/mol. The number of alkyl halides is 3. The average molecular weight is 411 g/mol. The summed E-state index contributed by atoms with van der Waals surface area (Å²) in [6.07, 6.45) is -1.96. The Labute approximate surface area is 148 Å². The van der Waals surface area contributed by atoms with Crippen LogP contribution in [0.2, 0.25) is 0 Å². The minimum atomic E-state index is -4.53. The zero-order valence-corrected chi connectivity index (χ0v) is 14.0. The van der Waals surface area contributed by atoms with Crippen LogP contribution in [0.5, 0.6) is 0 Å². The van der Waals surface area contributed by atoms with Gasteiger partial charge in [-0.25, -0.2) is 9.67 Å². The van der Waals surface area contributed by atoms with Crippen LogP contribution in [-0.4, -0.2) is 20.7 Å². The highest BCUT2D eigenvalue weighted by Gasteiger charge is 2.31. The number of halogens is 4. The van der Waals surface area contributed by atoms with Gasteiger partial charge in [-0.1, -0.05) is 12.1 Å². The van der Waals surface area contributed by atoms with Gasteiger partial charge in [0.05, 0.1) is 22.5 Å². The van der Waals surface area contributed by atoms with Crippen molar-refractivity contribution >= 4 is 27.5 Å². The van der Waals surface area contributed by atoms with Gasteiger partial charge in [0.1, 0.15) is 12.7 Å². The van der Waals surface area contributed by atoms with E-state index in [-0.39, 0.29) is 11.4 Å². The van der Waals surface area contributed by atoms with Gasteiger partial charge in [-0.15, -0.1) is 0 Å². The third kappa shape index (κ3) is 3.71. The van der Waals surface area contributed by atoms with Gasteiger partial charge in [0.15, 0.2) is 0 Å². The second kappa shape index (κ2) is 6.67. The molecule has 3 rings (SSSR count). The summed E-state index contributed by atoms with van der Waals surface area (Å²) in [6.45, 7) is 0. The molecule has 0 bridgehead atoms. The van der Waals surface area contributed by atoms with Crippen molar-refractivity contribution in [3.63, 3.8) is 0 Å². The standard InChI is InChI=1S/C16H10BrF3N4O/c17-12-4-2-1-3-11(12)15(25)23-13-7-10(16(18,19)20)5-6-14(13)24-9-21-8-22-24/h1-9H,(H,23,25). The molecule has 0 saturated carbocycles. The van der Waals surface area contributed by atoms with Crippen molar-refractivity contribution in [2.24, 2.45) is 0 Å². The lowest BCUT2D eigenvalue weighted by molar-refractivity contribution is -0.137. The first kappa shape index (κ1) is 17.2. The quantitative estimate of drug-likeness (QED) is 0.699. The molecule has 0 fully saturated rings. The minimum Gasteiger partial charge on any atom is -0.320 e. The van der Waals surface area contributed by atoms with E-state index in [1.807, 2.05) is 0 Å². The third-order valence-electron chi connectivity index (χ3n) is 3.36. The topological polar surface area (TPSA) is 59.8 Å². The molecule has 25 heavy (non-hydrogen) atoms. The summed E-state index contributed by atoms with van der Waals surface area (Å²) >= 11 is 3.25. The number of carbonyl (C=O) groups is 1. The van der Waals surface area contributed by atoms with Gasteiger partial charge in [0.2, 0.25) is 0 Å². The fraction of sp³-hybridized carbons (Fsp3) is 0.0625. The number of nitrogens with zero attached hydrogens (tertiary/aromatic N) is 3. The van der Waals surface area contributed by atoms with Crippen molar-refractivity contribution in [2.45, 2.75) is 6.18 Å². The largest absolute Gasteiger partial charge is 0.416 e. The van der Waals surface area contributed by atoms with Crippen molar-refractivity contribution in [3.05, 3.63) is 70.7 Å². The highest BCUT2D eigenvalue weighted by molar-refractivity contribution is 9.10. The van der Waals surface area contributed by atoms with Gasteiger partial charge in [0.25, 0.3) is 5.91 Å². The molecule has 0 saturated heterocycles. The number of carbonyl (C=O) groups excluding carboxylic acids is 1. The van der Waals surface area contributed by atoms with Crippen molar-refractivity contribution in [2.75, 3.05) is 5.32 Å². The molecule has 128 valence electrons. The molecule has 0 aliphatic heterocycles. The monoisotopic (exact) mass is 410 g/mol. The van der Waals surface area contributed by atoms with E-state index in [1.54, 1.807) is 24.3 Å². The van der Waals surface area contributed by atoms with Gasteiger partial charge in [0, 0.05) is 4.47 Å². The van der Waals surface area contributed by atoms with E-state index >= 15 is 0 Å². The van der Waals surface area contributed by atoms with E-state index in [4.69, 9.17) is 0 Å².